The molecular formula is C12H11F2N7O. The van der Waals surface area contributed by atoms with E-state index >= 15 is 0 Å². The molecule has 8 nitrogen and oxygen atoms in total. The maximum atomic E-state index is 12.6. The van der Waals surface area contributed by atoms with E-state index < -0.39 is 18.0 Å². The van der Waals surface area contributed by atoms with Gasteiger partial charge in [0, 0.05) is 18.9 Å². The van der Waals surface area contributed by atoms with Gasteiger partial charge in [-0.3, -0.25) is 19.2 Å². The number of aromatic nitrogens is 6. The molecule has 0 fully saturated rings. The fourth-order valence-electron chi connectivity index (χ4n) is 1.93. The molecule has 3 rings (SSSR count). The first-order valence-electron chi connectivity index (χ1n) is 6.27. The minimum atomic E-state index is -2.74. The van der Waals surface area contributed by atoms with Crippen molar-refractivity contribution in [2.45, 2.75) is 13.3 Å². The van der Waals surface area contributed by atoms with E-state index in [2.05, 4.69) is 25.6 Å². The van der Waals surface area contributed by atoms with Crippen LogP contribution in [0.4, 0.5) is 14.7 Å². The zero-order valence-corrected chi connectivity index (χ0v) is 11.7. The molecule has 0 aromatic carbocycles. The van der Waals surface area contributed by atoms with Gasteiger partial charge >= 0.3 is 0 Å². The first kappa shape index (κ1) is 14.0. The van der Waals surface area contributed by atoms with E-state index in [0.29, 0.717) is 5.78 Å². The highest BCUT2D eigenvalue weighted by Crippen LogP contribution is 2.18. The van der Waals surface area contributed by atoms with Crippen molar-refractivity contribution in [3.05, 3.63) is 35.4 Å². The van der Waals surface area contributed by atoms with Crippen LogP contribution in [0.1, 0.15) is 28.3 Å². The van der Waals surface area contributed by atoms with E-state index in [-0.39, 0.29) is 11.6 Å². The number of alkyl halides is 2. The second-order valence-electron chi connectivity index (χ2n) is 4.60. The van der Waals surface area contributed by atoms with Crippen LogP contribution in [0.25, 0.3) is 5.78 Å². The number of rotatable bonds is 3. The number of anilines is 1. The normalized spacial score (nSPS) is 11.3. The summed E-state index contributed by atoms with van der Waals surface area (Å²) in [7, 11) is 1.41. The molecule has 22 heavy (non-hydrogen) atoms. The Morgan fingerprint density at radius 3 is 2.82 bits per heavy atom. The van der Waals surface area contributed by atoms with Crippen molar-refractivity contribution in [3.8, 4) is 0 Å². The maximum Gasteiger partial charge on any atom is 0.282 e. The largest absolute Gasteiger partial charge is 0.289 e. The van der Waals surface area contributed by atoms with Crippen LogP contribution in [0, 0.1) is 6.92 Å². The van der Waals surface area contributed by atoms with E-state index in [1.165, 1.54) is 11.4 Å². The Labute approximate surface area is 122 Å². The molecule has 0 aliphatic rings. The summed E-state index contributed by atoms with van der Waals surface area (Å²) in [6.45, 7) is 1.80. The predicted octanol–water partition coefficient (Wildman–Crippen LogP) is 1.36. The van der Waals surface area contributed by atoms with E-state index in [1.54, 1.807) is 19.2 Å². The van der Waals surface area contributed by atoms with E-state index in [9.17, 15) is 13.6 Å². The molecule has 0 unspecified atom stereocenters. The van der Waals surface area contributed by atoms with Crippen LogP contribution in [-0.2, 0) is 7.05 Å². The maximum absolute atomic E-state index is 12.6. The van der Waals surface area contributed by atoms with Crippen LogP contribution in [-0.4, -0.2) is 35.3 Å². The summed E-state index contributed by atoms with van der Waals surface area (Å²) in [6.07, 6.45) is -1.09. The van der Waals surface area contributed by atoms with Crippen molar-refractivity contribution in [2.24, 2.45) is 7.05 Å². The first-order chi connectivity index (χ1) is 10.5. The number of carbonyl (C=O) groups excluding carboxylic acids is 1. The van der Waals surface area contributed by atoms with Gasteiger partial charge in [-0.2, -0.15) is 5.10 Å². The zero-order valence-electron chi connectivity index (χ0n) is 11.7. The fraction of sp³-hybridized carbons (Fsp3) is 0.250. The average molecular weight is 307 g/mol. The highest BCUT2D eigenvalue weighted by atomic mass is 19.3. The van der Waals surface area contributed by atoms with Crippen molar-refractivity contribution in [2.75, 3.05) is 5.32 Å². The SMILES string of the molecule is Cc1ccn2c(NC(=O)c3cc(C(F)F)nn3C)nnc2n1. The van der Waals surface area contributed by atoms with E-state index in [1.807, 2.05) is 0 Å². The Balaban J connectivity index is 1.90. The number of hydrogen-bond donors (Lipinski definition) is 1. The first-order valence-corrected chi connectivity index (χ1v) is 6.27. The monoisotopic (exact) mass is 307 g/mol. The van der Waals surface area contributed by atoms with Gasteiger partial charge in [0.25, 0.3) is 18.1 Å². The number of halogens is 2. The molecule has 1 amide bonds. The lowest BCUT2D eigenvalue weighted by Crippen LogP contribution is -2.17. The molecule has 114 valence electrons. The van der Waals surface area contributed by atoms with Crippen LogP contribution in [0.3, 0.4) is 0 Å². The molecular weight excluding hydrogens is 296 g/mol. The number of nitrogens with one attached hydrogen (secondary N) is 1. The van der Waals surface area contributed by atoms with Crippen molar-refractivity contribution >= 4 is 17.6 Å². The summed E-state index contributed by atoms with van der Waals surface area (Å²) in [5.41, 5.74) is 0.286. The standard InChI is InChI=1S/C12H11F2N7O/c1-6-3-4-21-11(15-6)17-18-12(21)16-10(22)8-5-7(9(13)14)19-20(8)2/h3-5,9H,1-2H3,(H,16,18,22). The van der Waals surface area contributed by atoms with Gasteiger partial charge in [-0.15, -0.1) is 10.2 Å². The molecule has 0 aliphatic carbocycles. The Bertz CT molecular complexity index is 854. The molecule has 0 atom stereocenters. The molecule has 1 N–H and O–H groups in total. The minimum Gasteiger partial charge on any atom is -0.289 e. The molecule has 3 heterocycles. The number of nitrogens with zero attached hydrogens (tertiary/aromatic N) is 6. The zero-order chi connectivity index (χ0) is 15.9. The summed E-state index contributed by atoms with van der Waals surface area (Å²) in [5, 5.41) is 13.7. The minimum absolute atomic E-state index is 0.00730. The summed E-state index contributed by atoms with van der Waals surface area (Å²) < 4.78 is 27.8. The van der Waals surface area contributed by atoms with Gasteiger partial charge in [-0.05, 0) is 19.1 Å². The van der Waals surface area contributed by atoms with Crippen molar-refractivity contribution in [1.29, 1.82) is 0 Å². The summed E-state index contributed by atoms with van der Waals surface area (Å²) in [6, 6.07) is 2.76. The second-order valence-corrected chi connectivity index (χ2v) is 4.60. The van der Waals surface area contributed by atoms with Crippen LogP contribution in [0.5, 0.6) is 0 Å². The summed E-state index contributed by atoms with van der Waals surface area (Å²) in [5.74, 6) is -0.141. The van der Waals surface area contributed by atoms with Gasteiger partial charge in [0.05, 0.1) is 0 Å². The second kappa shape index (κ2) is 5.13. The Morgan fingerprint density at radius 2 is 2.14 bits per heavy atom. The molecule has 3 aromatic heterocycles. The van der Waals surface area contributed by atoms with Crippen LogP contribution >= 0.6 is 0 Å². The smallest absolute Gasteiger partial charge is 0.282 e. The van der Waals surface area contributed by atoms with Crippen molar-refractivity contribution in [1.82, 2.24) is 29.4 Å². The molecule has 0 spiro atoms. The third kappa shape index (κ3) is 2.38. The van der Waals surface area contributed by atoms with Gasteiger partial charge in [0.15, 0.2) is 0 Å². The third-order valence-corrected chi connectivity index (χ3v) is 3.00. The number of fused-ring (bicyclic) bond motifs is 1. The Morgan fingerprint density at radius 1 is 1.36 bits per heavy atom. The van der Waals surface area contributed by atoms with E-state index in [0.717, 1.165) is 16.4 Å². The highest BCUT2D eigenvalue weighted by molar-refractivity contribution is 6.02. The van der Waals surface area contributed by atoms with Gasteiger partial charge < -0.3 is 0 Å². The van der Waals surface area contributed by atoms with Gasteiger partial charge in [0.1, 0.15) is 11.4 Å². The van der Waals surface area contributed by atoms with Crippen LogP contribution < -0.4 is 5.32 Å². The molecule has 0 saturated heterocycles. The highest BCUT2D eigenvalue weighted by Gasteiger charge is 2.20. The van der Waals surface area contributed by atoms with Gasteiger partial charge in [-0.25, -0.2) is 13.8 Å². The van der Waals surface area contributed by atoms with Crippen LogP contribution in [0.15, 0.2) is 18.3 Å². The van der Waals surface area contributed by atoms with Gasteiger partial charge in [-0.1, -0.05) is 0 Å². The fourth-order valence-corrected chi connectivity index (χ4v) is 1.93. The van der Waals surface area contributed by atoms with Gasteiger partial charge in [0.2, 0.25) is 5.95 Å². The Kier molecular flexibility index (Phi) is 3.28. The van der Waals surface area contributed by atoms with Crippen molar-refractivity contribution < 1.29 is 13.6 Å². The molecule has 10 heteroatoms. The number of carbonyl (C=O) groups is 1. The number of amides is 1. The molecule has 0 radical (unpaired) electrons. The lowest BCUT2D eigenvalue weighted by Gasteiger charge is -2.03. The van der Waals surface area contributed by atoms with Crippen molar-refractivity contribution in [3.63, 3.8) is 0 Å². The lowest BCUT2D eigenvalue weighted by atomic mass is 10.3. The quantitative estimate of drug-likeness (QED) is 0.789. The molecule has 0 bridgehead atoms. The lowest BCUT2D eigenvalue weighted by molar-refractivity contribution is 0.101. The summed E-state index contributed by atoms with van der Waals surface area (Å²) >= 11 is 0. The number of hydrogen-bond acceptors (Lipinski definition) is 5. The van der Waals surface area contributed by atoms with Crippen LogP contribution in [0.2, 0.25) is 0 Å². The predicted molar refractivity (Wildman–Crippen MR) is 71.6 cm³/mol. The Hall–Kier alpha value is -2.91. The molecule has 3 aromatic rings. The average Bonchev–Trinajstić information content (AvgIpc) is 3.02. The summed E-state index contributed by atoms with van der Waals surface area (Å²) in [4.78, 5) is 16.3. The number of aryl methyl sites for hydroxylation is 2. The van der Waals surface area contributed by atoms with E-state index in [4.69, 9.17) is 0 Å². The topological polar surface area (TPSA) is 90.0 Å². The molecule has 0 saturated carbocycles. The molecule has 0 aliphatic heterocycles. The third-order valence-electron chi connectivity index (χ3n) is 3.00.